The van der Waals surface area contributed by atoms with E-state index in [4.69, 9.17) is 0 Å². The van der Waals surface area contributed by atoms with Gasteiger partial charge in [-0.25, -0.2) is 4.39 Å². The van der Waals surface area contributed by atoms with Crippen LogP contribution in [-0.2, 0) is 16.6 Å². The number of ketones is 1. The second-order valence-corrected chi connectivity index (χ2v) is 6.55. The summed E-state index contributed by atoms with van der Waals surface area (Å²) in [6.07, 6.45) is 2.94. The van der Waals surface area contributed by atoms with E-state index in [0.717, 1.165) is 29.3 Å². The molecule has 0 heterocycles. The molecule has 0 aliphatic heterocycles. The predicted molar refractivity (Wildman–Crippen MR) is 84.8 cm³/mol. The first-order valence-electron chi connectivity index (χ1n) is 7.15. The first kappa shape index (κ1) is 14.5. The zero-order valence-electron chi connectivity index (χ0n) is 11.6. The average molecular weight is 347 g/mol. The molecule has 0 saturated heterocycles. The maximum atomic E-state index is 13.9. The maximum absolute atomic E-state index is 13.9. The summed E-state index contributed by atoms with van der Waals surface area (Å²) in [6.45, 7) is 0. The third-order valence-corrected chi connectivity index (χ3v) is 4.92. The zero-order chi connectivity index (χ0) is 14.9. The van der Waals surface area contributed by atoms with Gasteiger partial charge in [0, 0.05) is 10.9 Å². The highest BCUT2D eigenvalue weighted by Gasteiger charge is 2.44. The molecule has 0 amide bonds. The Kier molecular flexibility index (Phi) is 3.94. The van der Waals surface area contributed by atoms with Crippen LogP contribution in [-0.4, -0.2) is 5.78 Å². The Morgan fingerprint density at radius 1 is 1.14 bits per heavy atom. The molecule has 3 heteroatoms. The molecule has 0 aromatic heterocycles. The molecular weight excluding hydrogens is 331 g/mol. The van der Waals surface area contributed by atoms with Crippen molar-refractivity contribution in [3.05, 3.63) is 69.9 Å². The fraction of sp³-hybridized carbons (Fsp3) is 0.278. The number of carbonyl (C=O) groups is 1. The molecule has 2 aromatic carbocycles. The molecule has 0 atom stereocenters. The number of Topliss-reactive ketones (excluding diaryl/α,β-unsaturated/α-hetero) is 1. The minimum atomic E-state index is -0.407. The van der Waals surface area contributed by atoms with Gasteiger partial charge in [-0.15, -0.1) is 0 Å². The molecule has 1 aliphatic carbocycles. The van der Waals surface area contributed by atoms with Crippen LogP contribution in [0.15, 0.2) is 53.0 Å². The van der Waals surface area contributed by atoms with Gasteiger partial charge in [0.25, 0.3) is 0 Å². The molecule has 3 rings (SSSR count). The van der Waals surface area contributed by atoms with Crippen molar-refractivity contribution < 1.29 is 9.18 Å². The molecule has 0 radical (unpaired) electrons. The number of carbonyl (C=O) groups excluding carboxylic acids is 1. The van der Waals surface area contributed by atoms with Gasteiger partial charge in [-0.2, -0.15) is 0 Å². The highest BCUT2D eigenvalue weighted by molar-refractivity contribution is 9.10. The summed E-state index contributed by atoms with van der Waals surface area (Å²) < 4.78 is 14.7. The molecule has 0 spiro atoms. The van der Waals surface area contributed by atoms with Crippen LogP contribution in [0.4, 0.5) is 4.39 Å². The lowest BCUT2D eigenvalue weighted by atomic mass is 9.61. The van der Waals surface area contributed by atoms with E-state index in [1.54, 1.807) is 12.1 Å². The number of rotatable bonds is 4. The van der Waals surface area contributed by atoms with Crippen molar-refractivity contribution in [2.75, 3.05) is 0 Å². The van der Waals surface area contributed by atoms with Gasteiger partial charge in [0.1, 0.15) is 11.6 Å². The number of hydrogen-bond donors (Lipinski definition) is 0. The molecule has 1 fully saturated rings. The van der Waals surface area contributed by atoms with Gasteiger partial charge in [-0.3, -0.25) is 4.79 Å². The Hall–Kier alpha value is -1.48. The van der Waals surface area contributed by atoms with E-state index in [1.807, 2.05) is 30.3 Å². The summed E-state index contributed by atoms with van der Waals surface area (Å²) in [5.74, 6) is -0.189. The molecule has 0 N–H and O–H groups in total. The number of hydrogen-bond acceptors (Lipinski definition) is 1. The second-order valence-electron chi connectivity index (χ2n) is 5.64. The topological polar surface area (TPSA) is 17.1 Å². The lowest BCUT2D eigenvalue weighted by Gasteiger charge is -2.41. The van der Waals surface area contributed by atoms with Crippen LogP contribution in [0, 0.1) is 5.82 Å². The molecule has 1 saturated carbocycles. The van der Waals surface area contributed by atoms with E-state index in [-0.39, 0.29) is 18.0 Å². The standard InChI is InChI=1S/C18H16BrFO/c19-15-7-8-16(20)13(11-15)12-17(21)18(9-4-10-18)14-5-2-1-3-6-14/h1-3,5-8,11H,4,9-10,12H2. The first-order chi connectivity index (χ1) is 10.1. The molecule has 1 aliphatic rings. The van der Waals surface area contributed by atoms with Gasteiger partial charge in [0.05, 0.1) is 5.41 Å². The maximum Gasteiger partial charge on any atom is 0.147 e. The van der Waals surface area contributed by atoms with Crippen LogP contribution in [0.5, 0.6) is 0 Å². The van der Waals surface area contributed by atoms with E-state index in [1.165, 1.54) is 6.07 Å². The Bertz CT molecular complexity index is 662. The monoisotopic (exact) mass is 346 g/mol. The summed E-state index contributed by atoms with van der Waals surface area (Å²) in [7, 11) is 0. The highest BCUT2D eigenvalue weighted by atomic mass is 79.9. The van der Waals surface area contributed by atoms with Gasteiger partial charge in [0.2, 0.25) is 0 Å². The third kappa shape index (κ3) is 2.67. The van der Waals surface area contributed by atoms with Crippen LogP contribution in [0.3, 0.4) is 0 Å². The van der Waals surface area contributed by atoms with Gasteiger partial charge < -0.3 is 0 Å². The van der Waals surface area contributed by atoms with Gasteiger partial charge in [0.15, 0.2) is 0 Å². The molecule has 21 heavy (non-hydrogen) atoms. The Labute approximate surface area is 132 Å². The highest BCUT2D eigenvalue weighted by Crippen LogP contribution is 2.45. The second kappa shape index (κ2) is 5.72. The molecule has 1 nitrogen and oxygen atoms in total. The average Bonchev–Trinajstić information content (AvgIpc) is 2.43. The Balaban J connectivity index is 1.89. The van der Waals surface area contributed by atoms with Crippen LogP contribution < -0.4 is 0 Å². The van der Waals surface area contributed by atoms with E-state index >= 15 is 0 Å². The minimum absolute atomic E-state index is 0.122. The first-order valence-corrected chi connectivity index (χ1v) is 7.94. The lowest BCUT2D eigenvalue weighted by Crippen LogP contribution is -2.43. The Morgan fingerprint density at radius 3 is 2.48 bits per heavy atom. The van der Waals surface area contributed by atoms with Crippen molar-refractivity contribution in [2.24, 2.45) is 0 Å². The number of benzene rings is 2. The summed E-state index contributed by atoms with van der Waals surface area (Å²) in [5.41, 5.74) is 1.13. The quantitative estimate of drug-likeness (QED) is 0.775. The van der Waals surface area contributed by atoms with E-state index in [9.17, 15) is 9.18 Å². The summed E-state index contributed by atoms with van der Waals surface area (Å²) >= 11 is 3.33. The summed E-state index contributed by atoms with van der Waals surface area (Å²) in [5, 5.41) is 0. The van der Waals surface area contributed by atoms with Crippen molar-refractivity contribution in [1.82, 2.24) is 0 Å². The predicted octanol–water partition coefficient (Wildman–Crippen LogP) is 4.82. The van der Waals surface area contributed by atoms with Crippen molar-refractivity contribution in [3.63, 3.8) is 0 Å². The van der Waals surface area contributed by atoms with Crippen molar-refractivity contribution in [3.8, 4) is 0 Å². The zero-order valence-corrected chi connectivity index (χ0v) is 13.2. The lowest BCUT2D eigenvalue weighted by molar-refractivity contribution is -0.127. The summed E-state index contributed by atoms with van der Waals surface area (Å²) in [6, 6.07) is 14.6. The molecular formula is C18H16BrFO. The van der Waals surface area contributed by atoms with Crippen LogP contribution in [0.1, 0.15) is 30.4 Å². The third-order valence-electron chi connectivity index (χ3n) is 4.43. The van der Waals surface area contributed by atoms with E-state index < -0.39 is 5.41 Å². The van der Waals surface area contributed by atoms with Crippen LogP contribution in [0.2, 0.25) is 0 Å². The van der Waals surface area contributed by atoms with Crippen LogP contribution >= 0.6 is 15.9 Å². The van der Waals surface area contributed by atoms with E-state index in [2.05, 4.69) is 15.9 Å². The SMILES string of the molecule is O=C(Cc1cc(Br)ccc1F)C1(c2ccccc2)CCC1. The molecule has 108 valence electrons. The minimum Gasteiger partial charge on any atom is -0.298 e. The number of halogens is 2. The van der Waals surface area contributed by atoms with Crippen molar-refractivity contribution >= 4 is 21.7 Å². The molecule has 2 aromatic rings. The largest absolute Gasteiger partial charge is 0.298 e. The van der Waals surface area contributed by atoms with Crippen LogP contribution in [0.25, 0.3) is 0 Å². The fourth-order valence-electron chi connectivity index (χ4n) is 3.04. The normalized spacial score (nSPS) is 16.3. The molecule has 0 bridgehead atoms. The van der Waals surface area contributed by atoms with Crippen molar-refractivity contribution in [1.29, 1.82) is 0 Å². The molecule has 0 unspecified atom stereocenters. The van der Waals surface area contributed by atoms with Gasteiger partial charge in [-0.1, -0.05) is 52.7 Å². The van der Waals surface area contributed by atoms with Crippen molar-refractivity contribution in [2.45, 2.75) is 31.1 Å². The summed E-state index contributed by atoms with van der Waals surface area (Å²) in [4.78, 5) is 12.8. The van der Waals surface area contributed by atoms with Gasteiger partial charge >= 0.3 is 0 Å². The van der Waals surface area contributed by atoms with E-state index in [0.29, 0.717) is 5.56 Å². The Morgan fingerprint density at radius 2 is 1.86 bits per heavy atom. The smallest absolute Gasteiger partial charge is 0.147 e. The van der Waals surface area contributed by atoms with Gasteiger partial charge in [-0.05, 0) is 42.2 Å². The fourth-order valence-corrected chi connectivity index (χ4v) is 3.45.